The van der Waals surface area contributed by atoms with Crippen molar-refractivity contribution >= 4 is 17.7 Å². The molecule has 1 unspecified atom stereocenters. The molecule has 1 amide bonds. The third-order valence-corrected chi connectivity index (χ3v) is 2.42. The van der Waals surface area contributed by atoms with Crippen LogP contribution in [-0.4, -0.2) is 30.8 Å². The van der Waals surface area contributed by atoms with Gasteiger partial charge in [0, 0.05) is 12.0 Å². The molecule has 1 N–H and O–H groups in total. The smallest absolute Gasteiger partial charge is 0.336 e. The van der Waals surface area contributed by atoms with E-state index >= 15 is 0 Å². The van der Waals surface area contributed by atoms with Gasteiger partial charge in [-0.05, 0) is 12.1 Å². The first-order chi connectivity index (χ1) is 8.60. The fourth-order valence-corrected chi connectivity index (χ4v) is 1.40. The largest absolute Gasteiger partial charge is 0.467 e. The molecular weight excluding hydrogens is 234 g/mol. The van der Waals surface area contributed by atoms with Crippen molar-refractivity contribution in [3.63, 3.8) is 0 Å². The van der Waals surface area contributed by atoms with Crippen molar-refractivity contribution in [3.05, 3.63) is 35.9 Å². The third kappa shape index (κ3) is 3.41. The van der Waals surface area contributed by atoms with Crippen molar-refractivity contribution in [2.24, 2.45) is 0 Å². The molecule has 0 aliphatic heterocycles. The van der Waals surface area contributed by atoms with Crippen molar-refractivity contribution in [3.8, 4) is 0 Å². The van der Waals surface area contributed by atoms with Gasteiger partial charge in [0.2, 0.25) is 0 Å². The molecule has 5 nitrogen and oxygen atoms in total. The number of ketones is 1. The number of nitrogens with one attached hydrogen (secondary N) is 1. The van der Waals surface area contributed by atoms with Crippen LogP contribution in [0.2, 0.25) is 0 Å². The molecule has 96 valence electrons. The SMILES string of the molecule is CCC(=O)C(NC(=O)c1ccccc1)C(=O)OC. The first-order valence-electron chi connectivity index (χ1n) is 5.56. The fourth-order valence-electron chi connectivity index (χ4n) is 1.40. The number of carbonyl (C=O) groups excluding carboxylic acids is 3. The molecular formula is C13H15NO4. The zero-order valence-electron chi connectivity index (χ0n) is 10.3. The second-order valence-corrected chi connectivity index (χ2v) is 3.62. The summed E-state index contributed by atoms with van der Waals surface area (Å²) in [5, 5.41) is 2.37. The van der Waals surface area contributed by atoms with E-state index in [1.807, 2.05) is 0 Å². The number of hydrogen-bond acceptors (Lipinski definition) is 4. The number of rotatable bonds is 5. The first kappa shape index (κ1) is 13.9. The third-order valence-electron chi connectivity index (χ3n) is 2.42. The molecule has 0 radical (unpaired) electrons. The normalized spacial score (nSPS) is 11.4. The number of esters is 1. The van der Waals surface area contributed by atoms with Crippen LogP contribution in [0.15, 0.2) is 30.3 Å². The summed E-state index contributed by atoms with van der Waals surface area (Å²) in [6.45, 7) is 1.62. The zero-order chi connectivity index (χ0) is 13.5. The highest BCUT2D eigenvalue weighted by atomic mass is 16.5. The Morgan fingerprint density at radius 2 is 1.83 bits per heavy atom. The van der Waals surface area contributed by atoms with Crippen LogP contribution in [0.25, 0.3) is 0 Å². The van der Waals surface area contributed by atoms with E-state index in [0.29, 0.717) is 5.56 Å². The van der Waals surface area contributed by atoms with Gasteiger partial charge in [0.15, 0.2) is 11.8 Å². The Labute approximate surface area is 105 Å². The van der Waals surface area contributed by atoms with E-state index in [1.165, 1.54) is 7.11 Å². The fraction of sp³-hybridized carbons (Fsp3) is 0.308. The van der Waals surface area contributed by atoms with Crippen molar-refractivity contribution in [1.29, 1.82) is 0 Å². The topological polar surface area (TPSA) is 72.5 Å². The van der Waals surface area contributed by atoms with Gasteiger partial charge < -0.3 is 10.1 Å². The van der Waals surface area contributed by atoms with Gasteiger partial charge in [-0.2, -0.15) is 0 Å². The summed E-state index contributed by atoms with van der Waals surface area (Å²) in [5.41, 5.74) is 0.385. The number of amides is 1. The number of benzene rings is 1. The highest BCUT2D eigenvalue weighted by Crippen LogP contribution is 2.01. The number of Topliss-reactive ketones (excluding diaryl/α,β-unsaturated/α-hetero) is 1. The molecule has 18 heavy (non-hydrogen) atoms. The quantitative estimate of drug-likeness (QED) is 0.622. The Morgan fingerprint density at radius 3 is 2.33 bits per heavy atom. The first-order valence-corrected chi connectivity index (χ1v) is 5.56. The molecule has 0 saturated heterocycles. The van der Waals surface area contributed by atoms with Crippen LogP contribution in [0, 0.1) is 0 Å². The Bertz CT molecular complexity index is 426. The highest BCUT2D eigenvalue weighted by Gasteiger charge is 2.27. The van der Waals surface area contributed by atoms with Crippen LogP contribution < -0.4 is 5.32 Å². The molecule has 1 aromatic rings. The maximum Gasteiger partial charge on any atom is 0.336 e. The summed E-state index contributed by atoms with van der Waals surface area (Å²) in [7, 11) is 1.17. The van der Waals surface area contributed by atoms with Crippen molar-refractivity contribution in [2.45, 2.75) is 19.4 Å². The van der Waals surface area contributed by atoms with E-state index in [2.05, 4.69) is 10.1 Å². The van der Waals surface area contributed by atoms with Gasteiger partial charge >= 0.3 is 5.97 Å². The zero-order valence-corrected chi connectivity index (χ0v) is 10.3. The monoisotopic (exact) mass is 249 g/mol. The second kappa shape index (κ2) is 6.54. The van der Waals surface area contributed by atoms with E-state index in [1.54, 1.807) is 37.3 Å². The number of carbonyl (C=O) groups is 3. The number of hydrogen-bond donors (Lipinski definition) is 1. The van der Waals surface area contributed by atoms with E-state index in [9.17, 15) is 14.4 Å². The predicted octanol–water partition coefficient (Wildman–Crippen LogP) is 0.937. The lowest BCUT2D eigenvalue weighted by Gasteiger charge is -2.14. The molecule has 0 aromatic heterocycles. The van der Waals surface area contributed by atoms with Crippen LogP contribution >= 0.6 is 0 Å². The van der Waals surface area contributed by atoms with Gasteiger partial charge in [-0.15, -0.1) is 0 Å². The van der Waals surface area contributed by atoms with Gasteiger partial charge in [0.1, 0.15) is 0 Å². The van der Waals surface area contributed by atoms with Gasteiger partial charge in [0.25, 0.3) is 5.91 Å². The van der Waals surface area contributed by atoms with Crippen molar-refractivity contribution in [2.75, 3.05) is 7.11 Å². The van der Waals surface area contributed by atoms with Crippen molar-refractivity contribution < 1.29 is 19.1 Å². The van der Waals surface area contributed by atoms with Crippen LogP contribution in [0.1, 0.15) is 23.7 Å². The lowest BCUT2D eigenvalue weighted by atomic mass is 10.1. The molecule has 1 aromatic carbocycles. The molecule has 1 rings (SSSR count). The van der Waals surface area contributed by atoms with Gasteiger partial charge in [0.05, 0.1) is 7.11 Å². The van der Waals surface area contributed by atoms with Crippen LogP contribution in [0.5, 0.6) is 0 Å². The minimum absolute atomic E-state index is 0.148. The van der Waals surface area contributed by atoms with Crippen LogP contribution in [0.3, 0.4) is 0 Å². The minimum Gasteiger partial charge on any atom is -0.467 e. The maximum absolute atomic E-state index is 11.8. The Balaban J connectivity index is 2.81. The van der Waals surface area contributed by atoms with Crippen molar-refractivity contribution in [1.82, 2.24) is 5.32 Å². The molecule has 0 fully saturated rings. The molecule has 0 saturated carbocycles. The number of ether oxygens (including phenoxy) is 1. The summed E-state index contributed by atoms with van der Waals surface area (Å²) in [5.74, 6) is -1.62. The molecule has 0 heterocycles. The van der Waals surface area contributed by atoms with E-state index in [-0.39, 0.29) is 12.2 Å². The molecule has 0 bridgehead atoms. The summed E-state index contributed by atoms with van der Waals surface area (Å²) in [6, 6.07) is 7.12. The maximum atomic E-state index is 11.8. The van der Waals surface area contributed by atoms with Gasteiger partial charge in [-0.1, -0.05) is 25.1 Å². The van der Waals surface area contributed by atoms with E-state index in [4.69, 9.17) is 0 Å². The lowest BCUT2D eigenvalue weighted by molar-refractivity contribution is -0.146. The molecule has 1 atom stereocenters. The predicted molar refractivity (Wildman–Crippen MR) is 65.0 cm³/mol. The Hall–Kier alpha value is -2.17. The summed E-state index contributed by atoms with van der Waals surface area (Å²) < 4.78 is 4.50. The molecule has 0 aliphatic rings. The summed E-state index contributed by atoms with van der Waals surface area (Å²) in [4.78, 5) is 34.8. The average molecular weight is 249 g/mol. The van der Waals surface area contributed by atoms with Crippen LogP contribution in [0.4, 0.5) is 0 Å². The van der Waals surface area contributed by atoms with E-state index < -0.39 is 17.9 Å². The Kier molecular flexibility index (Phi) is 5.05. The van der Waals surface area contributed by atoms with Crippen LogP contribution in [-0.2, 0) is 14.3 Å². The van der Waals surface area contributed by atoms with E-state index in [0.717, 1.165) is 0 Å². The minimum atomic E-state index is -1.24. The molecule has 0 spiro atoms. The summed E-state index contributed by atoms with van der Waals surface area (Å²) >= 11 is 0. The number of methoxy groups -OCH3 is 1. The molecule has 5 heteroatoms. The van der Waals surface area contributed by atoms with Gasteiger partial charge in [-0.3, -0.25) is 9.59 Å². The lowest BCUT2D eigenvalue weighted by Crippen LogP contribution is -2.46. The van der Waals surface area contributed by atoms with Gasteiger partial charge in [-0.25, -0.2) is 4.79 Å². The second-order valence-electron chi connectivity index (χ2n) is 3.62. The standard InChI is InChI=1S/C13H15NO4/c1-3-10(15)11(13(17)18-2)14-12(16)9-7-5-4-6-8-9/h4-8,11H,3H2,1-2H3,(H,14,16). The molecule has 0 aliphatic carbocycles. The summed E-state index contributed by atoms with van der Waals surface area (Å²) in [6.07, 6.45) is 0.148. The Morgan fingerprint density at radius 1 is 1.22 bits per heavy atom. The highest BCUT2D eigenvalue weighted by molar-refractivity contribution is 6.08. The average Bonchev–Trinajstić information content (AvgIpc) is 2.43.